The van der Waals surface area contributed by atoms with E-state index in [-0.39, 0.29) is 6.09 Å². The lowest BCUT2D eigenvalue weighted by Crippen LogP contribution is -2.50. The molecule has 1 amide bonds. The summed E-state index contributed by atoms with van der Waals surface area (Å²) in [7, 11) is 0. The van der Waals surface area contributed by atoms with Crippen molar-refractivity contribution in [3.05, 3.63) is 0 Å². The van der Waals surface area contributed by atoms with Crippen molar-refractivity contribution in [2.75, 3.05) is 32.7 Å². The Morgan fingerprint density at radius 1 is 1.24 bits per heavy atom. The van der Waals surface area contributed by atoms with E-state index in [1.807, 2.05) is 25.7 Å². The molecule has 1 aliphatic heterocycles. The van der Waals surface area contributed by atoms with E-state index in [4.69, 9.17) is 10.5 Å². The van der Waals surface area contributed by atoms with E-state index < -0.39 is 5.60 Å². The van der Waals surface area contributed by atoms with Gasteiger partial charge >= 0.3 is 6.09 Å². The molecule has 2 fully saturated rings. The zero-order valence-electron chi connectivity index (χ0n) is 14.2. The number of carbonyl (C=O) groups excluding carboxylic acids is 1. The molecule has 1 saturated carbocycles. The van der Waals surface area contributed by atoms with Crippen LogP contribution in [0, 0.1) is 11.3 Å². The van der Waals surface area contributed by atoms with Gasteiger partial charge in [0, 0.05) is 32.2 Å². The van der Waals surface area contributed by atoms with Crippen molar-refractivity contribution in [2.45, 2.75) is 52.7 Å². The van der Waals surface area contributed by atoms with Gasteiger partial charge in [0.1, 0.15) is 5.60 Å². The molecule has 0 aromatic heterocycles. The molecule has 2 atom stereocenters. The van der Waals surface area contributed by atoms with Gasteiger partial charge < -0.3 is 15.4 Å². The predicted octanol–water partition coefficient (Wildman–Crippen LogP) is 1.91. The molecular formula is C16H31N3O2. The second-order valence-corrected chi connectivity index (χ2v) is 8.05. The van der Waals surface area contributed by atoms with Gasteiger partial charge in [0.05, 0.1) is 0 Å². The second-order valence-electron chi connectivity index (χ2n) is 8.05. The highest BCUT2D eigenvalue weighted by atomic mass is 16.6. The minimum atomic E-state index is -0.415. The van der Waals surface area contributed by atoms with E-state index >= 15 is 0 Å². The molecule has 5 nitrogen and oxygen atoms in total. The average molecular weight is 297 g/mol. The zero-order chi connectivity index (χ0) is 15.8. The van der Waals surface area contributed by atoms with Crippen LogP contribution in [0.25, 0.3) is 0 Å². The van der Waals surface area contributed by atoms with Crippen LogP contribution >= 0.6 is 0 Å². The molecule has 5 heteroatoms. The highest BCUT2D eigenvalue weighted by Gasteiger charge is 2.54. The molecule has 0 aromatic rings. The minimum Gasteiger partial charge on any atom is -0.444 e. The summed E-state index contributed by atoms with van der Waals surface area (Å²) in [4.78, 5) is 16.2. The van der Waals surface area contributed by atoms with Crippen molar-refractivity contribution in [3.8, 4) is 0 Å². The predicted molar refractivity (Wildman–Crippen MR) is 84.1 cm³/mol. The molecule has 21 heavy (non-hydrogen) atoms. The monoisotopic (exact) mass is 297 g/mol. The van der Waals surface area contributed by atoms with Crippen LogP contribution < -0.4 is 5.73 Å². The fraction of sp³-hybridized carbons (Fsp3) is 0.938. The van der Waals surface area contributed by atoms with Gasteiger partial charge in [-0.05, 0) is 45.1 Å². The summed E-state index contributed by atoms with van der Waals surface area (Å²) in [6.07, 6.45) is 0.980. The largest absolute Gasteiger partial charge is 0.444 e. The van der Waals surface area contributed by atoms with Crippen LogP contribution in [-0.4, -0.2) is 60.3 Å². The Morgan fingerprint density at radius 2 is 1.76 bits per heavy atom. The highest BCUT2D eigenvalue weighted by molar-refractivity contribution is 5.68. The van der Waals surface area contributed by atoms with Crippen molar-refractivity contribution >= 4 is 6.09 Å². The summed E-state index contributed by atoms with van der Waals surface area (Å²) < 4.78 is 5.41. The molecule has 1 aliphatic carbocycles. The summed E-state index contributed by atoms with van der Waals surface area (Å²) in [6.45, 7) is 14.7. The number of hydrogen-bond donors (Lipinski definition) is 1. The first-order chi connectivity index (χ1) is 9.61. The van der Waals surface area contributed by atoms with Crippen LogP contribution in [0.5, 0.6) is 0 Å². The Morgan fingerprint density at radius 3 is 2.19 bits per heavy atom. The van der Waals surface area contributed by atoms with Gasteiger partial charge in [0.2, 0.25) is 0 Å². The van der Waals surface area contributed by atoms with E-state index in [9.17, 15) is 4.79 Å². The lowest BCUT2D eigenvalue weighted by molar-refractivity contribution is 0.0143. The van der Waals surface area contributed by atoms with Crippen molar-refractivity contribution < 1.29 is 9.53 Å². The molecule has 1 saturated heterocycles. The number of nitrogens with zero attached hydrogens (tertiary/aromatic N) is 2. The van der Waals surface area contributed by atoms with Crippen LogP contribution in [0.4, 0.5) is 4.79 Å². The maximum absolute atomic E-state index is 12.0. The number of carbonyl (C=O) groups is 1. The summed E-state index contributed by atoms with van der Waals surface area (Å²) in [6, 6.07) is 0.362. The Labute approximate surface area is 128 Å². The molecule has 1 heterocycles. The maximum atomic E-state index is 12.0. The van der Waals surface area contributed by atoms with Crippen molar-refractivity contribution in [1.82, 2.24) is 9.80 Å². The Hall–Kier alpha value is -0.810. The first kappa shape index (κ1) is 16.6. The molecule has 0 unspecified atom stereocenters. The quantitative estimate of drug-likeness (QED) is 0.864. The van der Waals surface area contributed by atoms with Gasteiger partial charge in [-0.1, -0.05) is 13.8 Å². The molecular weight excluding hydrogens is 266 g/mol. The fourth-order valence-corrected chi connectivity index (χ4v) is 3.14. The summed E-state index contributed by atoms with van der Waals surface area (Å²) in [5.74, 6) is 0.654. The molecule has 0 aromatic carbocycles. The molecule has 0 bridgehead atoms. The van der Waals surface area contributed by atoms with Crippen LogP contribution in [-0.2, 0) is 4.74 Å². The number of nitrogens with two attached hydrogens (primary N) is 1. The summed E-state index contributed by atoms with van der Waals surface area (Å²) >= 11 is 0. The third kappa shape index (κ3) is 4.10. The first-order valence-electron chi connectivity index (χ1n) is 8.07. The van der Waals surface area contributed by atoms with Gasteiger partial charge in [-0.2, -0.15) is 0 Å². The Balaban J connectivity index is 1.68. The van der Waals surface area contributed by atoms with Gasteiger partial charge in [-0.15, -0.1) is 0 Å². The maximum Gasteiger partial charge on any atom is 0.410 e. The number of ether oxygens (including phenoxy) is 1. The fourth-order valence-electron chi connectivity index (χ4n) is 3.14. The van der Waals surface area contributed by atoms with E-state index in [2.05, 4.69) is 18.7 Å². The molecule has 0 radical (unpaired) electrons. The molecule has 2 rings (SSSR count). The second kappa shape index (κ2) is 5.76. The molecule has 2 aliphatic rings. The van der Waals surface area contributed by atoms with Crippen LogP contribution in [0.2, 0.25) is 0 Å². The average Bonchev–Trinajstić information content (AvgIpc) is 2.84. The van der Waals surface area contributed by atoms with Crippen LogP contribution in [0.1, 0.15) is 41.0 Å². The lowest BCUT2D eigenvalue weighted by Gasteiger charge is -2.35. The van der Waals surface area contributed by atoms with Gasteiger partial charge in [-0.25, -0.2) is 4.79 Å². The summed E-state index contributed by atoms with van der Waals surface area (Å²) in [5.41, 5.74) is 6.00. The Kier molecular flexibility index (Phi) is 4.54. The van der Waals surface area contributed by atoms with E-state index in [0.29, 0.717) is 17.4 Å². The minimum absolute atomic E-state index is 0.188. The normalized spacial score (nSPS) is 29.3. The van der Waals surface area contributed by atoms with E-state index in [1.54, 1.807) is 0 Å². The van der Waals surface area contributed by atoms with Crippen molar-refractivity contribution in [1.29, 1.82) is 0 Å². The molecule has 2 N–H and O–H groups in total. The van der Waals surface area contributed by atoms with Crippen LogP contribution in [0.15, 0.2) is 0 Å². The van der Waals surface area contributed by atoms with Gasteiger partial charge in [0.25, 0.3) is 0 Å². The van der Waals surface area contributed by atoms with Crippen molar-refractivity contribution in [3.63, 3.8) is 0 Å². The number of amides is 1. The van der Waals surface area contributed by atoms with Gasteiger partial charge in [0.15, 0.2) is 0 Å². The smallest absolute Gasteiger partial charge is 0.410 e. The number of hydrogen-bond acceptors (Lipinski definition) is 4. The lowest BCUT2D eigenvalue weighted by atomic mass is 10.1. The van der Waals surface area contributed by atoms with Crippen molar-refractivity contribution in [2.24, 2.45) is 17.1 Å². The number of rotatable bonds is 3. The molecule has 0 spiro atoms. The van der Waals surface area contributed by atoms with Crippen LogP contribution in [0.3, 0.4) is 0 Å². The third-order valence-corrected chi connectivity index (χ3v) is 4.92. The third-order valence-electron chi connectivity index (χ3n) is 4.92. The molecule has 122 valence electrons. The SMILES string of the molecule is CC(C)(C)OC(=O)N1CCN(CC[C@@H]2[C@@H](N)C2(C)C)CC1. The van der Waals surface area contributed by atoms with Gasteiger partial charge in [-0.3, -0.25) is 4.90 Å². The highest BCUT2D eigenvalue weighted by Crippen LogP contribution is 2.52. The Bertz CT molecular complexity index is 381. The zero-order valence-corrected chi connectivity index (χ0v) is 14.2. The summed E-state index contributed by atoms with van der Waals surface area (Å²) in [5, 5.41) is 0. The first-order valence-corrected chi connectivity index (χ1v) is 8.07. The standard InChI is InChI=1S/C16H31N3O2/c1-15(2,3)21-14(20)19-10-8-18(9-11-19)7-6-12-13(17)16(12,4)5/h12-13H,6-11,17H2,1-5H3/t12-,13-/m1/s1. The van der Waals surface area contributed by atoms with E-state index in [1.165, 1.54) is 6.42 Å². The van der Waals surface area contributed by atoms with E-state index in [0.717, 1.165) is 32.7 Å². The topological polar surface area (TPSA) is 58.8 Å². The number of piperazine rings is 1.